The summed E-state index contributed by atoms with van der Waals surface area (Å²) >= 11 is 6.25. The molecule has 3 rings (SSSR count). The molecule has 0 bridgehead atoms. The van der Waals surface area contributed by atoms with Crippen molar-refractivity contribution >= 4 is 28.2 Å². The highest BCUT2D eigenvalue weighted by Gasteiger charge is 2.23. The summed E-state index contributed by atoms with van der Waals surface area (Å²) in [6.07, 6.45) is 3.07. The van der Waals surface area contributed by atoms with E-state index in [9.17, 15) is 0 Å². The van der Waals surface area contributed by atoms with Gasteiger partial charge >= 0.3 is 0 Å². The highest BCUT2D eigenvalue weighted by Crippen LogP contribution is 2.33. The van der Waals surface area contributed by atoms with Crippen LogP contribution < -0.4 is 10.2 Å². The first-order chi connectivity index (χ1) is 9.29. The van der Waals surface area contributed by atoms with E-state index in [1.807, 2.05) is 31.4 Å². The van der Waals surface area contributed by atoms with Crippen LogP contribution in [0.15, 0.2) is 30.5 Å². The van der Waals surface area contributed by atoms with Crippen molar-refractivity contribution in [1.29, 1.82) is 0 Å². The zero-order valence-electron chi connectivity index (χ0n) is 11.1. The molecule has 19 heavy (non-hydrogen) atoms. The van der Waals surface area contributed by atoms with Gasteiger partial charge in [0.2, 0.25) is 0 Å². The van der Waals surface area contributed by atoms with E-state index in [1.165, 1.54) is 12.1 Å². The summed E-state index contributed by atoms with van der Waals surface area (Å²) in [5.41, 5.74) is 2.22. The maximum Gasteiger partial charge on any atom is 0.0950 e. The zero-order chi connectivity index (χ0) is 13.2. The number of nitrogens with one attached hydrogen (secondary N) is 1. The van der Waals surface area contributed by atoms with Gasteiger partial charge in [-0.3, -0.25) is 4.98 Å². The Morgan fingerprint density at radius 2 is 2.32 bits per heavy atom. The summed E-state index contributed by atoms with van der Waals surface area (Å²) in [6.45, 7) is 3.27. The maximum absolute atomic E-state index is 6.25. The molecule has 4 heteroatoms. The molecule has 0 amide bonds. The van der Waals surface area contributed by atoms with Crippen LogP contribution in [0.5, 0.6) is 0 Å². The molecule has 2 heterocycles. The van der Waals surface area contributed by atoms with Crippen molar-refractivity contribution in [3.8, 4) is 0 Å². The predicted octanol–water partition coefficient (Wildman–Crippen LogP) is 2.93. The van der Waals surface area contributed by atoms with Gasteiger partial charge in [0, 0.05) is 24.7 Å². The summed E-state index contributed by atoms with van der Waals surface area (Å²) in [6, 6.07) is 8.05. The molecular formula is C15H18ClN3. The fraction of sp³-hybridized carbons (Fsp3) is 0.400. The molecule has 1 saturated heterocycles. The van der Waals surface area contributed by atoms with Crippen LogP contribution in [-0.4, -0.2) is 31.7 Å². The summed E-state index contributed by atoms with van der Waals surface area (Å²) in [7, 11) is 2.02. The Balaban J connectivity index is 1.96. The number of halogens is 1. The van der Waals surface area contributed by atoms with Crippen LogP contribution in [0.25, 0.3) is 10.9 Å². The van der Waals surface area contributed by atoms with Gasteiger partial charge in [-0.05, 0) is 50.2 Å². The Labute approximate surface area is 118 Å². The van der Waals surface area contributed by atoms with Gasteiger partial charge in [0.15, 0.2) is 0 Å². The van der Waals surface area contributed by atoms with Gasteiger partial charge in [0.05, 0.1) is 16.2 Å². The molecule has 100 valence electrons. The van der Waals surface area contributed by atoms with Crippen LogP contribution in [0, 0.1) is 5.92 Å². The normalized spacial score (nSPS) is 19.3. The van der Waals surface area contributed by atoms with Crippen molar-refractivity contribution in [2.24, 2.45) is 5.92 Å². The molecule has 1 fully saturated rings. The largest absolute Gasteiger partial charge is 0.369 e. The Morgan fingerprint density at radius 3 is 3.16 bits per heavy atom. The third-order valence-corrected chi connectivity index (χ3v) is 4.14. The molecule has 1 aliphatic rings. The molecule has 1 N–H and O–H groups in total. The van der Waals surface area contributed by atoms with E-state index in [1.54, 1.807) is 0 Å². The SMILES string of the molecule is CNCC1CCN(c2ccc(Cl)c3cccnc23)C1. The molecule has 3 nitrogen and oxygen atoms in total. The molecule has 1 aliphatic heterocycles. The fourth-order valence-corrected chi connectivity index (χ4v) is 3.10. The minimum absolute atomic E-state index is 0.722. The number of pyridine rings is 1. The lowest BCUT2D eigenvalue weighted by Crippen LogP contribution is -2.24. The van der Waals surface area contributed by atoms with E-state index in [2.05, 4.69) is 21.3 Å². The van der Waals surface area contributed by atoms with Crippen LogP contribution in [0.4, 0.5) is 5.69 Å². The summed E-state index contributed by atoms with van der Waals surface area (Å²) in [4.78, 5) is 6.94. The molecule has 1 aromatic carbocycles. The predicted molar refractivity (Wildman–Crippen MR) is 81.0 cm³/mol. The van der Waals surface area contributed by atoms with Crippen molar-refractivity contribution in [3.63, 3.8) is 0 Å². The van der Waals surface area contributed by atoms with E-state index in [4.69, 9.17) is 11.6 Å². The van der Waals surface area contributed by atoms with Crippen LogP contribution in [0.1, 0.15) is 6.42 Å². The molecule has 1 aromatic heterocycles. The molecule has 2 aromatic rings. The van der Waals surface area contributed by atoms with E-state index in [0.29, 0.717) is 0 Å². The molecule has 0 spiro atoms. The number of nitrogens with zero attached hydrogens (tertiary/aromatic N) is 2. The monoisotopic (exact) mass is 275 g/mol. The van der Waals surface area contributed by atoms with E-state index >= 15 is 0 Å². The van der Waals surface area contributed by atoms with Crippen molar-refractivity contribution in [2.75, 3.05) is 31.6 Å². The summed E-state index contributed by atoms with van der Waals surface area (Å²) < 4.78 is 0. The minimum Gasteiger partial charge on any atom is -0.369 e. The van der Waals surface area contributed by atoms with Crippen molar-refractivity contribution in [2.45, 2.75) is 6.42 Å². The fourth-order valence-electron chi connectivity index (χ4n) is 2.88. The first-order valence-electron chi connectivity index (χ1n) is 6.72. The lowest BCUT2D eigenvalue weighted by molar-refractivity contribution is 0.549. The molecule has 1 unspecified atom stereocenters. The van der Waals surface area contributed by atoms with Gasteiger partial charge in [-0.2, -0.15) is 0 Å². The van der Waals surface area contributed by atoms with Gasteiger partial charge in [0.1, 0.15) is 0 Å². The number of benzene rings is 1. The average molecular weight is 276 g/mol. The summed E-state index contributed by atoms with van der Waals surface area (Å²) in [5.74, 6) is 0.722. The highest BCUT2D eigenvalue weighted by molar-refractivity contribution is 6.35. The van der Waals surface area contributed by atoms with Crippen LogP contribution in [0.2, 0.25) is 5.02 Å². The second kappa shape index (κ2) is 5.35. The number of fused-ring (bicyclic) bond motifs is 1. The van der Waals surface area contributed by atoms with Crippen molar-refractivity contribution in [3.05, 3.63) is 35.5 Å². The zero-order valence-corrected chi connectivity index (χ0v) is 11.8. The van der Waals surface area contributed by atoms with E-state index in [0.717, 1.165) is 41.5 Å². The van der Waals surface area contributed by atoms with Crippen molar-refractivity contribution < 1.29 is 0 Å². The second-order valence-corrected chi connectivity index (χ2v) is 5.53. The van der Waals surface area contributed by atoms with Gasteiger partial charge in [-0.25, -0.2) is 0 Å². The minimum atomic E-state index is 0.722. The first kappa shape index (κ1) is 12.7. The van der Waals surface area contributed by atoms with Gasteiger partial charge < -0.3 is 10.2 Å². The molecule has 0 radical (unpaired) electrons. The third-order valence-electron chi connectivity index (χ3n) is 3.81. The van der Waals surface area contributed by atoms with Crippen LogP contribution in [0.3, 0.4) is 0 Å². The molecular weight excluding hydrogens is 258 g/mol. The van der Waals surface area contributed by atoms with E-state index < -0.39 is 0 Å². The van der Waals surface area contributed by atoms with Gasteiger partial charge in [-0.1, -0.05) is 11.6 Å². The number of anilines is 1. The average Bonchev–Trinajstić information content (AvgIpc) is 2.88. The van der Waals surface area contributed by atoms with Crippen LogP contribution in [-0.2, 0) is 0 Å². The topological polar surface area (TPSA) is 28.2 Å². The Bertz CT molecular complexity index is 585. The Morgan fingerprint density at radius 1 is 1.42 bits per heavy atom. The number of rotatable bonds is 3. The number of hydrogen-bond acceptors (Lipinski definition) is 3. The molecule has 0 aliphatic carbocycles. The third kappa shape index (κ3) is 2.40. The second-order valence-electron chi connectivity index (χ2n) is 5.12. The first-order valence-corrected chi connectivity index (χ1v) is 7.10. The van der Waals surface area contributed by atoms with Crippen LogP contribution >= 0.6 is 11.6 Å². The number of aromatic nitrogens is 1. The van der Waals surface area contributed by atoms with E-state index in [-0.39, 0.29) is 0 Å². The maximum atomic E-state index is 6.25. The lowest BCUT2D eigenvalue weighted by Gasteiger charge is -2.20. The number of hydrogen-bond donors (Lipinski definition) is 1. The quantitative estimate of drug-likeness (QED) is 0.934. The summed E-state index contributed by atoms with van der Waals surface area (Å²) in [5, 5.41) is 5.08. The van der Waals surface area contributed by atoms with Crippen molar-refractivity contribution in [1.82, 2.24) is 10.3 Å². The lowest BCUT2D eigenvalue weighted by atomic mass is 10.1. The molecule has 1 atom stereocenters. The van der Waals surface area contributed by atoms with Gasteiger partial charge in [0.25, 0.3) is 0 Å². The van der Waals surface area contributed by atoms with Gasteiger partial charge in [-0.15, -0.1) is 0 Å². The highest BCUT2D eigenvalue weighted by atomic mass is 35.5. The Hall–Kier alpha value is -1.32. The smallest absolute Gasteiger partial charge is 0.0950 e. The molecule has 0 saturated carbocycles. The standard InChI is InChI=1S/C15H18ClN3/c1-17-9-11-6-8-19(10-11)14-5-4-13(16)12-3-2-7-18-15(12)14/h2-5,7,11,17H,6,8-10H2,1H3. The Kier molecular flexibility index (Phi) is 3.58.